The normalized spacial score (nSPS) is 14.0. The fraction of sp³-hybridized carbons (Fsp3) is 0.250. The number of thioether (sulfide) groups is 1. The summed E-state index contributed by atoms with van der Waals surface area (Å²) < 4.78 is 0. The molecule has 2 N–H and O–H groups in total. The molecule has 0 radical (unpaired) electrons. The zero-order chi connectivity index (χ0) is 18.5. The Morgan fingerprint density at radius 1 is 1.15 bits per heavy atom. The highest BCUT2D eigenvalue weighted by Gasteiger charge is 2.18. The van der Waals surface area contributed by atoms with E-state index in [0.29, 0.717) is 10.8 Å². The van der Waals surface area contributed by atoms with Crippen LogP contribution in [-0.4, -0.2) is 22.2 Å². The minimum atomic E-state index is -1.19. The number of hydrogen-bond acceptors (Lipinski definition) is 4. The molecule has 1 amide bonds. The van der Waals surface area contributed by atoms with Crippen LogP contribution in [0.3, 0.4) is 0 Å². The maximum Gasteiger partial charge on any atom is 0.337 e. The Kier molecular flexibility index (Phi) is 5.59. The molecule has 0 saturated heterocycles. The van der Waals surface area contributed by atoms with Crippen molar-refractivity contribution < 1.29 is 14.7 Å². The van der Waals surface area contributed by atoms with Gasteiger partial charge in [-0.05, 0) is 49.2 Å². The van der Waals surface area contributed by atoms with E-state index in [1.807, 2.05) is 24.3 Å². The smallest absolute Gasteiger partial charge is 0.337 e. The highest BCUT2D eigenvalue weighted by Crippen LogP contribution is 2.35. The fourth-order valence-corrected chi connectivity index (χ4v) is 4.31. The third kappa shape index (κ3) is 4.24. The molecule has 0 aliphatic heterocycles. The Labute approximate surface area is 156 Å². The summed E-state index contributed by atoms with van der Waals surface area (Å²) in [7, 11) is 0. The molecule has 0 aromatic heterocycles. The summed E-state index contributed by atoms with van der Waals surface area (Å²) in [6, 6.07) is 13.4. The van der Waals surface area contributed by atoms with Gasteiger partial charge >= 0.3 is 5.97 Å². The summed E-state index contributed by atoms with van der Waals surface area (Å²) in [4.78, 5) is 25.0. The highest BCUT2D eigenvalue weighted by atomic mass is 32.2. The molecule has 132 valence electrons. The van der Waals surface area contributed by atoms with Crippen LogP contribution in [0.25, 0.3) is 0 Å². The van der Waals surface area contributed by atoms with Crippen LogP contribution >= 0.6 is 11.8 Å². The maximum absolute atomic E-state index is 12.6. The zero-order valence-electron chi connectivity index (χ0n) is 14.1. The van der Waals surface area contributed by atoms with Crippen LogP contribution < -0.4 is 5.32 Å². The second-order valence-electron chi connectivity index (χ2n) is 6.18. The van der Waals surface area contributed by atoms with E-state index in [2.05, 4.69) is 5.32 Å². The van der Waals surface area contributed by atoms with Gasteiger partial charge in [0.05, 0.1) is 22.9 Å². The number of carboxylic acids is 1. The number of carboxylic acid groups (broad SMARTS) is 1. The van der Waals surface area contributed by atoms with Crippen molar-refractivity contribution in [3.63, 3.8) is 0 Å². The minimum absolute atomic E-state index is 0.103. The van der Waals surface area contributed by atoms with E-state index in [1.54, 1.807) is 17.8 Å². The third-order valence-electron chi connectivity index (χ3n) is 4.33. The van der Waals surface area contributed by atoms with Gasteiger partial charge in [0.1, 0.15) is 0 Å². The van der Waals surface area contributed by atoms with Crippen LogP contribution in [0, 0.1) is 11.3 Å². The summed E-state index contributed by atoms with van der Waals surface area (Å²) >= 11 is 1.79. The summed E-state index contributed by atoms with van der Waals surface area (Å²) in [6.07, 6.45) is 4.92. The van der Waals surface area contributed by atoms with Crippen molar-refractivity contribution in [2.24, 2.45) is 0 Å². The molecular weight excluding hydrogens is 348 g/mol. The Hall–Kier alpha value is -2.78. The zero-order valence-corrected chi connectivity index (χ0v) is 14.9. The van der Waals surface area contributed by atoms with Crippen molar-refractivity contribution in [1.29, 1.82) is 5.26 Å². The molecular formula is C20H18N2O3S. The molecule has 0 atom stereocenters. The highest BCUT2D eigenvalue weighted by molar-refractivity contribution is 8.00. The van der Waals surface area contributed by atoms with Crippen molar-refractivity contribution in [2.75, 3.05) is 5.32 Å². The van der Waals surface area contributed by atoms with E-state index in [-0.39, 0.29) is 22.7 Å². The number of amides is 1. The number of nitrogens with one attached hydrogen (secondary N) is 1. The number of benzene rings is 2. The van der Waals surface area contributed by atoms with Crippen LogP contribution in [0.2, 0.25) is 0 Å². The van der Waals surface area contributed by atoms with Crippen molar-refractivity contribution in [2.45, 2.75) is 35.8 Å². The van der Waals surface area contributed by atoms with Crippen LogP contribution in [0.4, 0.5) is 5.69 Å². The second kappa shape index (κ2) is 8.07. The molecule has 26 heavy (non-hydrogen) atoms. The first-order chi connectivity index (χ1) is 12.6. The van der Waals surface area contributed by atoms with Crippen LogP contribution in [0.15, 0.2) is 47.4 Å². The lowest BCUT2D eigenvalue weighted by molar-refractivity contribution is 0.0698. The maximum atomic E-state index is 12.6. The van der Waals surface area contributed by atoms with Gasteiger partial charge in [-0.25, -0.2) is 4.79 Å². The summed E-state index contributed by atoms with van der Waals surface area (Å²) in [6.45, 7) is 0. The van der Waals surface area contributed by atoms with Crippen LogP contribution in [0.5, 0.6) is 0 Å². The van der Waals surface area contributed by atoms with E-state index in [1.165, 1.54) is 43.9 Å². The first-order valence-corrected chi connectivity index (χ1v) is 9.30. The van der Waals surface area contributed by atoms with E-state index < -0.39 is 5.97 Å². The van der Waals surface area contributed by atoms with Gasteiger partial charge in [0.15, 0.2) is 0 Å². The molecule has 6 heteroatoms. The van der Waals surface area contributed by atoms with Crippen molar-refractivity contribution >= 4 is 29.3 Å². The van der Waals surface area contributed by atoms with Gasteiger partial charge < -0.3 is 10.4 Å². The Morgan fingerprint density at radius 2 is 1.92 bits per heavy atom. The molecule has 2 aromatic rings. The predicted molar refractivity (Wildman–Crippen MR) is 101 cm³/mol. The average molecular weight is 366 g/mol. The molecule has 1 saturated carbocycles. The number of nitrogens with zero attached hydrogens (tertiary/aromatic N) is 1. The molecule has 0 unspecified atom stereocenters. The topological polar surface area (TPSA) is 90.2 Å². The molecule has 0 heterocycles. The number of hydrogen-bond donors (Lipinski definition) is 2. The second-order valence-corrected chi connectivity index (χ2v) is 7.56. The van der Waals surface area contributed by atoms with Gasteiger partial charge in [0.2, 0.25) is 0 Å². The minimum Gasteiger partial charge on any atom is -0.478 e. The number of rotatable bonds is 5. The molecule has 1 aliphatic carbocycles. The number of carbonyl (C=O) groups excluding carboxylic acids is 1. The van der Waals surface area contributed by atoms with Gasteiger partial charge in [0.25, 0.3) is 5.91 Å². The van der Waals surface area contributed by atoms with E-state index in [4.69, 9.17) is 5.26 Å². The molecule has 0 bridgehead atoms. The third-order valence-corrected chi connectivity index (χ3v) is 5.66. The standard InChI is InChI=1S/C20H18N2O3S/c21-12-13-8-9-18(17(10-13)20(24)25)22-19(23)14-4-3-7-16(11-14)26-15-5-1-2-6-15/h3-4,7-11,15H,1-2,5-6H2,(H,22,23)(H,24,25). The van der Waals surface area contributed by atoms with Crippen molar-refractivity contribution in [3.05, 3.63) is 59.2 Å². The predicted octanol–water partition coefficient (Wildman–Crippen LogP) is 4.54. The Balaban J connectivity index is 1.78. The van der Waals surface area contributed by atoms with E-state index in [0.717, 1.165) is 4.90 Å². The summed E-state index contributed by atoms with van der Waals surface area (Å²) in [5.74, 6) is -1.56. The monoisotopic (exact) mass is 366 g/mol. The van der Waals surface area contributed by atoms with Gasteiger partial charge in [-0.15, -0.1) is 11.8 Å². The van der Waals surface area contributed by atoms with Gasteiger partial charge in [-0.3, -0.25) is 4.79 Å². The largest absolute Gasteiger partial charge is 0.478 e. The lowest BCUT2D eigenvalue weighted by Gasteiger charge is -2.11. The lowest BCUT2D eigenvalue weighted by Crippen LogP contribution is -2.15. The molecule has 1 aliphatic rings. The molecule has 5 nitrogen and oxygen atoms in total. The lowest BCUT2D eigenvalue weighted by atomic mass is 10.1. The Morgan fingerprint density at radius 3 is 2.62 bits per heavy atom. The van der Waals surface area contributed by atoms with E-state index in [9.17, 15) is 14.7 Å². The van der Waals surface area contributed by atoms with Crippen LogP contribution in [0.1, 0.15) is 52.0 Å². The molecule has 2 aromatic carbocycles. The summed E-state index contributed by atoms with van der Waals surface area (Å²) in [5.41, 5.74) is 0.785. The first-order valence-electron chi connectivity index (χ1n) is 8.42. The number of anilines is 1. The van der Waals surface area contributed by atoms with Crippen molar-refractivity contribution in [1.82, 2.24) is 0 Å². The van der Waals surface area contributed by atoms with Gasteiger partial charge in [0, 0.05) is 15.7 Å². The first kappa shape index (κ1) is 18.0. The Bertz CT molecular complexity index is 883. The van der Waals surface area contributed by atoms with E-state index >= 15 is 0 Å². The summed E-state index contributed by atoms with van der Waals surface area (Å²) in [5, 5.41) is 21.5. The number of nitriles is 1. The number of carbonyl (C=O) groups is 2. The average Bonchev–Trinajstić information content (AvgIpc) is 3.15. The van der Waals surface area contributed by atoms with Crippen molar-refractivity contribution in [3.8, 4) is 6.07 Å². The van der Waals surface area contributed by atoms with Crippen LogP contribution in [-0.2, 0) is 0 Å². The number of aromatic carboxylic acids is 1. The van der Waals surface area contributed by atoms with Gasteiger partial charge in [-0.1, -0.05) is 18.9 Å². The SMILES string of the molecule is N#Cc1ccc(NC(=O)c2cccc(SC3CCCC3)c2)c(C(=O)O)c1. The molecule has 1 fully saturated rings. The molecule has 3 rings (SSSR count). The van der Waals surface area contributed by atoms with Gasteiger partial charge in [-0.2, -0.15) is 5.26 Å². The molecule has 0 spiro atoms. The quantitative estimate of drug-likeness (QED) is 0.810. The fourth-order valence-electron chi connectivity index (χ4n) is 3.00.